The van der Waals surface area contributed by atoms with Crippen LogP contribution in [-0.2, 0) is 4.79 Å². The van der Waals surface area contributed by atoms with Crippen LogP contribution in [0.15, 0.2) is 41.8 Å². The molecule has 1 saturated heterocycles. The molecule has 1 aromatic heterocycles. The lowest BCUT2D eigenvalue weighted by Crippen LogP contribution is -2.55. The number of nitrogens with zero attached hydrogens (tertiary/aromatic N) is 1. The van der Waals surface area contributed by atoms with Crippen molar-refractivity contribution in [2.45, 2.75) is 45.2 Å². The minimum absolute atomic E-state index is 0.00714. The Bertz CT molecular complexity index is 911. The molecule has 3 amide bonds. The van der Waals surface area contributed by atoms with Crippen LogP contribution in [-0.4, -0.2) is 47.8 Å². The third kappa shape index (κ3) is 5.86. The average Bonchev–Trinajstić information content (AvgIpc) is 3.32. The summed E-state index contributed by atoms with van der Waals surface area (Å²) in [5, 5.41) is 8.13. The molecule has 1 fully saturated rings. The number of amides is 3. The van der Waals surface area contributed by atoms with E-state index >= 15 is 0 Å². The Morgan fingerprint density at radius 2 is 1.84 bits per heavy atom. The van der Waals surface area contributed by atoms with Gasteiger partial charge < -0.3 is 15.5 Å². The van der Waals surface area contributed by atoms with E-state index in [1.165, 1.54) is 11.3 Å². The molecular formula is C23H28ClN3O3S. The van der Waals surface area contributed by atoms with Gasteiger partial charge in [-0.3, -0.25) is 14.4 Å². The Balaban J connectivity index is 1.71. The molecule has 6 nitrogen and oxygen atoms in total. The van der Waals surface area contributed by atoms with E-state index in [1.54, 1.807) is 24.3 Å². The minimum Gasteiger partial charge on any atom is -0.352 e. The molecule has 3 rings (SSSR count). The molecular weight excluding hydrogens is 434 g/mol. The number of hydrogen-bond donors (Lipinski definition) is 2. The second-order valence-corrected chi connectivity index (χ2v) is 9.21. The molecule has 2 heterocycles. The number of nitrogens with one attached hydrogen (secondary N) is 2. The zero-order valence-corrected chi connectivity index (χ0v) is 19.3. The highest BCUT2D eigenvalue weighted by Crippen LogP contribution is 2.24. The summed E-state index contributed by atoms with van der Waals surface area (Å²) in [6.45, 7) is 5.04. The van der Waals surface area contributed by atoms with Crippen molar-refractivity contribution in [3.05, 3.63) is 57.2 Å². The Morgan fingerprint density at radius 3 is 2.45 bits per heavy atom. The van der Waals surface area contributed by atoms with Crippen LogP contribution >= 0.6 is 22.9 Å². The zero-order valence-electron chi connectivity index (χ0n) is 17.8. The van der Waals surface area contributed by atoms with Gasteiger partial charge in [0.05, 0.1) is 15.5 Å². The molecule has 0 spiro atoms. The molecule has 2 aromatic rings. The average molecular weight is 462 g/mol. The normalized spacial score (nSPS) is 16.4. The van der Waals surface area contributed by atoms with Gasteiger partial charge in [0.25, 0.3) is 11.8 Å². The van der Waals surface area contributed by atoms with Crippen LogP contribution in [0.25, 0.3) is 0 Å². The van der Waals surface area contributed by atoms with Crippen molar-refractivity contribution >= 4 is 40.7 Å². The van der Waals surface area contributed by atoms with Gasteiger partial charge in [-0.15, -0.1) is 11.3 Å². The van der Waals surface area contributed by atoms with Crippen LogP contribution in [0.4, 0.5) is 0 Å². The van der Waals surface area contributed by atoms with E-state index in [-0.39, 0.29) is 29.7 Å². The molecule has 0 saturated carbocycles. The quantitative estimate of drug-likeness (QED) is 0.654. The van der Waals surface area contributed by atoms with Crippen molar-refractivity contribution in [1.82, 2.24) is 15.5 Å². The van der Waals surface area contributed by atoms with Crippen molar-refractivity contribution in [2.75, 3.05) is 13.1 Å². The smallest absolute Gasteiger partial charge is 0.263 e. The van der Waals surface area contributed by atoms with Crippen molar-refractivity contribution in [1.29, 1.82) is 0 Å². The van der Waals surface area contributed by atoms with Crippen LogP contribution in [0.2, 0.25) is 5.02 Å². The lowest BCUT2D eigenvalue weighted by molar-refractivity contribution is -0.125. The van der Waals surface area contributed by atoms with Gasteiger partial charge in [0.2, 0.25) is 5.91 Å². The second-order valence-electron chi connectivity index (χ2n) is 7.86. The molecule has 2 atom stereocenters. The predicted molar refractivity (Wildman–Crippen MR) is 124 cm³/mol. The molecule has 0 bridgehead atoms. The van der Waals surface area contributed by atoms with E-state index in [0.717, 1.165) is 11.3 Å². The van der Waals surface area contributed by atoms with Crippen LogP contribution in [0.5, 0.6) is 0 Å². The predicted octanol–water partition coefficient (Wildman–Crippen LogP) is 3.97. The van der Waals surface area contributed by atoms with Gasteiger partial charge in [-0.1, -0.05) is 36.7 Å². The summed E-state index contributed by atoms with van der Waals surface area (Å²) in [7, 11) is 0. The molecule has 2 N–H and O–H groups in total. The first-order valence-corrected chi connectivity index (χ1v) is 11.8. The van der Waals surface area contributed by atoms with Gasteiger partial charge >= 0.3 is 0 Å². The number of carbonyl (C=O) groups is 3. The van der Waals surface area contributed by atoms with Gasteiger partial charge in [0.1, 0.15) is 6.04 Å². The standard InChI is InChI=1S/C23H28ClN3O3S/c1-3-15(2)25-22(29)20(26-21(28)17-7-4-5-8-18(17)24)16-10-12-27(13-11-16)23(30)19-9-6-14-31-19/h4-9,14-16,20H,3,10-13H2,1-2H3,(H,25,29)(H,26,28)/t15-,20+/m1/s1. The lowest BCUT2D eigenvalue weighted by Gasteiger charge is -2.36. The molecule has 8 heteroatoms. The Labute approximate surface area is 192 Å². The molecule has 1 aliphatic rings. The van der Waals surface area contributed by atoms with E-state index in [9.17, 15) is 14.4 Å². The van der Waals surface area contributed by atoms with E-state index in [2.05, 4.69) is 10.6 Å². The number of piperidine rings is 1. The van der Waals surface area contributed by atoms with Crippen molar-refractivity contribution in [3.63, 3.8) is 0 Å². The Morgan fingerprint density at radius 1 is 1.13 bits per heavy atom. The second kappa shape index (κ2) is 10.8. The summed E-state index contributed by atoms with van der Waals surface area (Å²) in [5.41, 5.74) is 0.343. The molecule has 1 aliphatic heterocycles. The number of halogens is 1. The zero-order chi connectivity index (χ0) is 22.4. The summed E-state index contributed by atoms with van der Waals surface area (Å²) in [5.74, 6) is -0.609. The summed E-state index contributed by atoms with van der Waals surface area (Å²) in [6, 6.07) is 9.80. The summed E-state index contributed by atoms with van der Waals surface area (Å²) in [4.78, 5) is 41.1. The first kappa shape index (κ1) is 23.3. The van der Waals surface area contributed by atoms with Crippen LogP contribution in [0.3, 0.4) is 0 Å². The van der Waals surface area contributed by atoms with Gasteiger partial charge in [-0.05, 0) is 55.7 Å². The highest BCUT2D eigenvalue weighted by Gasteiger charge is 2.35. The minimum atomic E-state index is -0.684. The van der Waals surface area contributed by atoms with Crippen LogP contribution < -0.4 is 10.6 Å². The number of benzene rings is 1. The van der Waals surface area contributed by atoms with Crippen molar-refractivity contribution in [2.24, 2.45) is 5.92 Å². The fourth-order valence-electron chi connectivity index (χ4n) is 3.69. The van der Waals surface area contributed by atoms with Gasteiger partial charge in [0.15, 0.2) is 0 Å². The number of carbonyl (C=O) groups excluding carboxylic acids is 3. The summed E-state index contributed by atoms with van der Waals surface area (Å²) < 4.78 is 0. The maximum Gasteiger partial charge on any atom is 0.263 e. The maximum atomic E-state index is 13.0. The maximum absolute atomic E-state index is 13.0. The summed E-state index contributed by atoms with van der Waals surface area (Å²) >= 11 is 7.60. The monoisotopic (exact) mass is 461 g/mol. The fourth-order valence-corrected chi connectivity index (χ4v) is 4.60. The number of thiophene rings is 1. The van der Waals surface area contributed by atoms with E-state index in [1.807, 2.05) is 36.3 Å². The fraction of sp³-hybridized carbons (Fsp3) is 0.435. The third-order valence-corrected chi connectivity index (χ3v) is 6.91. The van der Waals surface area contributed by atoms with E-state index in [4.69, 9.17) is 11.6 Å². The molecule has 0 unspecified atom stereocenters. The van der Waals surface area contributed by atoms with Gasteiger partial charge in [-0.2, -0.15) is 0 Å². The largest absolute Gasteiger partial charge is 0.352 e. The highest BCUT2D eigenvalue weighted by atomic mass is 35.5. The SMILES string of the molecule is CC[C@@H](C)NC(=O)[C@@H](NC(=O)c1ccccc1Cl)C1CCN(C(=O)c2cccs2)CC1. The Kier molecular flexibility index (Phi) is 8.09. The number of hydrogen-bond acceptors (Lipinski definition) is 4. The van der Waals surface area contributed by atoms with Crippen molar-refractivity contribution < 1.29 is 14.4 Å². The molecule has 0 aliphatic carbocycles. The number of rotatable bonds is 7. The van der Waals surface area contributed by atoms with E-state index in [0.29, 0.717) is 36.5 Å². The van der Waals surface area contributed by atoms with Crippen LogP contribution in [0, 0.1) is 5.92 Å². The topological polar surface area (TPSA) is 78.5 Å². The summed E-state index contributed by atoms with van der Waals surface area (Å²) in [6.07, 6.45) is 2.07. The van der Waals surface area contributed by atoms with Crippen LogP contribution in [0.1, 0.15) is 53.1 Å². The molecule has 31 heavy (non-hydrogen) atoms. The Hall–Kier alpha value is -2.38. The first-order valence-electron chi connectivity index (χ1n) is 10.6. The lowest BCUT2D eigenvalue weighted by atomic mass is 9.88. The van der Waals surface area contributed by atoms with E-state index < -0.39 is 6.04 Å². The third-order valence-electron chi connectivity index (χ3n) is 5.72. The van der Waals surface area contributed by atoms with Gasteiger partial charge in [0, 0.05) is 19.1 Å². The molecule has 166 valence electrons. The highest BCUT2D eigenvalue weighted by molar-refractivity contribution is 7.12. The first-order chi connectivity index (χ1) is 14.9. The number of likely N-dealkylation sites (tertiary alicyclic amines) is 1. The molecule has 0 radical (unpaired) electrons. The van der Waals surface area contributed by atoms with Crippen molar-refractivity contribution in [3.8, 4) is 0 Å². The molecule has 1 aromatic carbocycles. The van der Waals surface area contributed by atoms with Gasteiger partial charge in [-0.25, -0.2) is 0 Å².